The second-order valence-electron chi connectivity index (χ2n) is 6.37. The molecule has 8 nitrogen and oxygen atoms in total. The molecule has 0 unspecified atom stereocenters. The van der Waals surface area contributed by atoms with Gasteiger partial charge in [0.05, 0.1) is 11.5 Å². The van der Waals surface area contributed by atoms with Gasteiger partial charge >= 0.3 is 0 Å². The third-order valence-corrected chi connectivity index (χ3v) is 3.98. The lowest BCUT2D eigenvalue weighted by Gasteiger charge is -2.12. The molecule has 2 aromatic rings. The first kappa shape index (κ1) is 20.9. The monoisotopic (exact) mass is 383 g/mol. The van der Waals surface area contributed by atoms with Crippen LogP contribution in [-0.2, 0) is 13.1 Å². The van der Waals surface area contributed by atoms with Crippen LogP contribution in [0.15, 0.2) is 53.5 Å². The fourth-order valence-electron chi connectivity index (χ4n) is 2.44. The predicted octanol–water partition coefficient (Wildman–Crippen LogP) is 2.55. The molecule has 0 aromatic heterocycles. The Morgan fingerprint density at radius 1 is 1.04 bits per heavy atom. The van der Waals surface area contributed by atoms with Gasteiger partial charge in [-0.2, -0.15) is 0 Å². The summed E-state index contributed by atoms with van der Waals surface area (Å²) < 4.78 is 0. The lowest BCUT2D eigenvalue weighted by Crippen LogP contribution is -2.36. The van der Waals surface area contributed by atoms with Gasteiger partial charge in [0, 0.05) is 44.9 Å². The number of amides is 1. The number of benzene rings is 2. The van der Waals surface area contributed by atoms with Crippen LogP contribution < -0.4 is 10.6 Å². The maximum atomic E-state index is 11.9. The molecule has 148 valence electrons. The third kappa shape index (κ3) is 6.08. The second-order valence-corrected chi connectivity index (χ2v) is 6.37. The summed E-state index contributed by atoms with van der Waals surface area (Å²) in [7, 11) is 3.44. The molecule has 0 fully saturated rings. The number of guanidine groups is 1. The lowest BCUT2D eigenvalue weighted by atomic mass is 10.1. The maximum absolute atomic E-state index is 11.9. The van der Waals surface area contributed by atoms with E-state index in [9.17, 15) is 14.9 Å². The van der Waals surface area contributed by atoms with Crippen LogP contribution in [0.4, 0.5) is 5.69 Å². The Morgan fingerprint density at radius 2 is 1.64 bits per heavy atom. The van der Waals surface area contributed by atoms with Crippen LogP contribution in [0, 0.1) is 10.1 Å². The number of hydrogen-bond donors (Lipinski definition) is 2. The maximum Gasteiger partial charge on any atom is 0.269 e. The fourth-order valence-corrected chi connectivity index (χ4v) is 2.44. The SMILES string of the molecule is CCNC(=NCc1ccc(C(=O)N(C)C)cc1)NCc1ccc([N+](=O)[O-])cc1. The topological polar surface area (TPSA) is 99.9 Å². The minimum atomic E-state index is -0.417. The van der Waals surface area contributed by atoms with Crippen LogP contribution in [0.25, 0.3) is 0 Å². The van der Waals surface area contributed by atoms with Crippen molar-refractivity contribution >= 4 is 17.6 Å². The number of carbonyl (C=O) groups excluding carboxylic acids is 1. The quantitative estimate of drug-likeness (QED) is 0.331. The van der Waals surface area contributed by atoms with E-state index in [-0.39, 0.29) is 11.6 Å². The van der Waals surface area contributed by atoms with Crippen molar-refractivity contribution in [1.29, 1.82) is 0 Å². The molecule has 0 heterocycles. The van der Waals surface area contributed by atoms with E-state index in [4.69, 9.17) is 0 Å². The molecule has 0 spiro atoms. The molecule has 0 aliphatic rings. The first-order valence-electron chi connectivity index (χ1n) is 8.96. The van der Waals surface area contributed by atoms with Gasteiger partial charge in [-0.3, -0.25) is 14.9 Å². The number of rotatable bonds is 7. The number of nitrogens with zero attached hydrogens (tertiary/aromatic N) is 3. The molecule has 0 atom stereocenters. The number of non-ortho nitro benzene ring substituents is 1. The van der Waals surface area contributed by atoms with Crippen molar-refractivity contribution in [3.63, 3.8) is 0 Å². The number of nitro groups is 1. The molecule has 0 radical (unpaired) electrons. The van der Waals surface area contributed by atoms with Gasteiger partial charge in [-0.1, -0.05) is 24.3 Å². The average Bonchev–Trinajstić information content (AvgIpc) is 2.70. The van der Waals surface area contributed by atoms with Gasteiger partial charge < -0.3 is 15.5 Å². The van der Waals surface area contributed by atoms with Gasteiger partial charge in [0.2, 0.25) is 0 Å². The Balaban J connectivity index is 1.97. The zero-order valence-electron chi connectivity index (χ0n) is 16.3. The Kier molecular flexibility index (Phi) is 7.50. The normalized spacial score (nSPS) is 11.0. The highest BCUT2D eigenvalue weighted by atomic mass is 16.6. The van der Waals surface area contributed by atoms with E-state index < -0.39 is 4.92 Å². The van der Waals surface area contributed by atoms with Gasteiger partial charge in [0.15, 0.2) is 5.96 Å². The molecular weight excluding hydrogens is 358 g/mol. The largest absolute Gasteiger partial charge is 0.357 e. The summed E-state index contributed by atoms with van der Waals surface area (Å²) in [5.74, 6) is 0.613. The number of nitrogens with one attached hydrogen (secondary N) is 2. The number of carbonyl (C=O) groups is 1. The summed E-state index contributed by atoms with van der Waals surface area (Å²) in [6, 6.07) is 13.8. The van der Waals surface area contributed by atoms with E-state index in [1.165, 1.54) is 12.1 Å². The summed E-state index contributed by atoms with van der Waals surface area (Å²) in [6.07, 6.45) is 0. The molecule has 0 bridgehead atoms. The van der Waals surface area contributed by atoms with Gasteiger partial charge in [-0.15, -0.1) is 0 Å². The van der Waals surface area contributed by atoms with Crippen molar-refractivity contribution in [2.75, 3.05) is 20.6 Å². The molecule has 0 saturated heterocycles. The molecule has 2 rings (SSSR count). The molecule has 8 heteroatoms. The number of aliphatic imine (C=N–C) groups is 1. The highest BCUT2D eigenvalue weighted by Gasteiger charge is 2.07. The van der Waals surface area contributed by atoms with Gasteiger partial charge in [0.1, 0.15) is 0 Å². The molecule has 2 N–H and O–H groups in total. The van der Waals surface area contributed by atoms with Gasteiger partial charge in [0.25, 0.3) is 11.6 Å². The van der Waals surface area contributed by atoms with Gasteiger partial charge in [-0.25, -0.2) is 4.99 Å². The zero-order valence-corrected chi connectivity index (χ0v) is 16.3. The summed E-state index contributed by atoms with van der Waals surface area (Å²) in [6.45, 7) is 3.65. The van der Waals surface area contributed by atoms with Crippen LogP contribution in [0.2, 0.25) is 0 Å². The van der Waals surface area contributed by atoms with Crippen molar-refractivity contribution in [2.24, 2.45) is 4.99 Å². The van der Waals surface area contributed by atoms with E-state index in [0.29, 0.717) is 31.2 Å². The summed E-state index contributed by atoms with van der Waals surface area (Å²) in [4.78, 5) is 28.3. The summed E-state index contributed by atoms with van der Waals surface area (Å²) in [5, 5.41) is 17.1. The summed E-state index contributed by atoms with van der Waals surface area (Å²) >= 11 is 0. The molecule has 0 aliphatic carbocycles. The third-order valence-electron chi connectivity index (χ3n) is 3.98. The lowest BCUT2D eigenvalue weighted by molar-refractivity contribution is -0.384. The predicted molar refractivity (Wildman–Crippen MR) is 109 cm³/mol. The van der Waals surface area contributed by atoms with E-state index in [1.807, 2.05) is 19.1 Å². The van der Waals surface area contributed by atoms with Crippen LogP contribution >= 0.6 is 0 Å². The highest BCUT2D eigenvalue weighted by Crippen LogP contribution is 2.11. The first-order chi connectivity index (χ1) is 13.4. The molecule has 0 saturated carbocycles. The Morgan fingerprint density at radius 3 is 2.18 bits per heavy atom. The second kappa shape index (κ2) is 10.1. The van der Waals surface area contributed by atoms with Crippen molar-refractivity contribution in [3.8, 4) is 0 Å². The molecular formula is C20H25N5O3. The molecule has 2 aromatic carbocycles. The van der Waals surface area contributed by atoms with Crippen LogP contribution in [0.1, 0.15) is 28.4 Å². The van der Waals surface area contributed by atoms with Crippen molar-refractivity contribution in [2.45, 2.75) is 20.0 Å². The highest BCUT2D eigenvalue weighted by molar-refractivity contribution is 5.93. The summed E-state index contributed by atoms with van der Waals surface area (Å²) in [5.41, 5.74) is 2.62. The van der Waals surface area contributed by atoms with Crippen molar-refractivity contribution in [3.05, 3.63) is 75.3 Å². The standard InChI is InChI=1S/C20H25N5O3/c1-4-21-20(23-14-16-7-11-18(12-8-16)25(27)28)22-13-15-5-9-17(10-6-15)19(26)24(2)3/h5-12H,4,13-14H2,1-3H3,(H2,21,22,23). The Hall–Kier alpha value is -3.42. The van der Waals surface area contributed by atoms with E-state index in [2.05, 4.69) is 15.6 Å². The minimum absolute atomic E-state index is 0.0341. The zero-order chi connectivity index (χ0) is 20.5. The molecule has 0 aliphatic heterocycles. The Labute approximate surface area is 164 Å². The van der Waals surface area contributed by atoms with E-state index in [1.54, 1.807) is 43.3 Å². The Bertz CT molecular complexity index is 830. The molecule has 28 heavy (non-hydrogen) atoms. The fraction of sp³-hybridized carbons (Fsp3) is 0.300. The van der Waals surface area contributed by atoms with Crippen molar-refractivity contribution < 1.29 is 9.72 Å². The number of hydrogen-bond acceptors (Lipinski definition) is 4. The van der Waals surface area contributed by atoms with E-state index in [0.717, 1.165) is 11.1 Å². The smallest absolute Gasteiger partial charge is 0.269 e. The minimum Gasteiger partial charge on any atom is -0.357 e. The van der Waals surface area contributed by atoms with Crippen molar-refractivity contribution in [1.82, 2.24) is 15.5 Å². The van der Waals surface area contributed by atoms with E-state index >= 15 is 0 Å². The molecule has 1 amide bonds. The number of nitro benzene ring substituents is 1. The van der Waals surface area contributed by atoms with Crippen LogP contribution in [0.5, 0.6) is 0 Å². The van der Waals surface area contributed by atoms with Gasteiger partial charge in [-0.05, 0) is 30.2 Å². The van der Waals surface area contributed by atoms with Crippen LogP contribution in [-0.4, -0.2) is 42.3 Å². The van der Waals surface area contributed by atoms with Crippen LogP contribution in [0.3, 0.4) is 0 Å². The first-order valence-corrected chi connectivity index (χ1v) is 8.96. The average molecular weight is 383 g/mol.